The van der Waals surface area contributed by atoms with Gasteiger partial charge in [0.15, 0.2) is 0 Å². The van der Waals surface area contributed by atoms with Crippen molar-refractivity contribution in [2.75, 3.05) is 34.3 Å². The molecule has 1 heterocycles. The van der Waals surface area contributed by atoms with Gasteiger partial charge in [-0.1, -0.05) is 0 Å². The van der Waals surface area contributed by atoms with Crippen molar-refractivity contribution in [3.63, 3.8) is 0 Å². The number of likely N-dealkylation sites (N-methyl/N-ethyl adjacent to an activating group) is 1. The number of rotatable bonds is 3. The van der Waals surface area contributed by atoms with E-state index in [9.17, 15) is 4.79 Å². The molecule has 0 radical (unpaired) electrons. The average molecular weight is 360 g/mol. The number of hydrogen-bond donors (Lipinski definition) is 0. The molecule has 0 aliphatic carbocycles. The van der Waals surface area contributed by atoms with Crippen LogP contribution in [0.25, 0.3) is 0 Å². The molecule has 1 aliphatic heterocycles. The van der Waals surface area contributed by atoms with E-state index in [2.05, 4.69) is 27.5 Å². The van der Waals surface area contributed by atoms with Crippen LogP contribution in [0.2, 0.25) is 0 Å². The molecule has 4 nitrogen and oxygen atoms in total. The van der Waals surface area contributed by atoms with Gasteiger partial charge in [0, 0.05) is 22.7 Å². The number of nitrogens with zero attached hydrogens (tertiary/aromatic N) is 2. The Morgan fingerprint density at radius 3 is 2.61 bits per heavy atom. The van der Waals surface area contributed by atoms with Crippen molar-refractivity contribution in [3.05, 3.63) is 27.3 Å². The highest BCUT2D eigenvalue weighted by Gasteiger charge is 2.32. The Labute approximate surface area is 121 Å². The number of carbonyl (C=O) groups excluding carboxylic acids is 1. The monoisotopic (exact) mass is 360 g/mol. The Morgan fingerprint density at radius 1 is 1.44 bits per heavy atom. The topological polar surface area (TPSA) is 32.8 Å². The second kappa shape index (κ2) is 5.44. The number of hydrogen-bond acceptors (Lipinski definition) is 3. The summed E-state index contributed by atoms with van der Waals surface area (Å²) in [4.78, 5) is 16.3. The molecule has 98 valence electrons. The van der Waals surface area contributed by atoms with Gasteiger partial charge >= 0.3 is 0 Å². The molecule has 1 aromatic rings. The van der Waals surface area contributed by atoms with E-state index in [4.69, 9.17) is 4.74 Å². The highest BCUT2D eigenvalue weighted by Crippen LogP contribution is 2.23. The Balaban J connectivity index is 2.07. The zero-order valence-corrected chi connectivity index (χ0v) is 13.0. The van der Waals surface area contributed by atoms with E-state index in [-0.39, 0.29) is 5.91 Å². The zero-order chi connectivity index (χ0) is 13.3. The Morgan fingerprint density at radius 2 is 2.11 bits per heavy atom. The molecule has 2 rings (SSSR count). The number of halogens is 1. The lowest BCUT2D eigenvalue weighted by molar-refractivity contribution is 0.0398. The van der Waals surface area contributed by atoms with E-state index in [0.717, 1.165) is 28.0 Å². The molecule has 1 fully saturated rings. The molecule has 0 bridgehead atoms. The summed E-state index contributed by atoms with van der Waals surface area (Å²) in [7, 11) is 5.72. The lowest BCUT2D eigenvalue weighted by atomic mass is 10.1. The van der Waals surface area contributed by atoms with E-state index in [1.165, 1.54) is 0 Å². The standard InChI is InChI=1S/C13H17IN2O2/c1-15(2)9-7-16(8-9)13(17)11-5-4-10(18-3)6-12(11)14/h4-6,9H,7-8H2,1-3H3. The summed E-state index contributed by atoms with van der Waals surface area (Å²) in [5.41, 5.74) is 0.758. The second-order valence-electron chi connectivity index (χ2n) is 4.67. The number of carbonyl (C=O) groups is 1. The fraction of sp³-hybridized carbons (Fsp3) is 0.462. The summed E-state index contributed by atoms with van der Waals surface area (Å²) in [6.45, 7) is 1.63. The minimum Gasteiger partial charge on any atom is -0.497 e. The molecule has 0 saturated carbocycles. The maximum atomic E-state index is 12.3. The molecule has 0 N–H and O–H groups in total. The summed E-state index contributed by atoms with van der Waals surface area (Å²) >= 11 is 2.18. The summed E-state index contributed by atoms with van der Waals surface area (Å²) in [6, 6.07) is 6.05. The van der Waals surface area contributed by atoms with Crippen molar-refractivity contribution < 1.29 is 9.53 Å². The summed E-state index contributed by atoms with van der Waals surface area (Å²) in [5, 5.41) is 0. The SMILES string of the molecule is COc1ccc(C(=O)N2CC(N(C)C)C2)c(I)c1. The molecule has 1 saturated heterocycles. The van der Waals surface area contributed by atoms with Crippen LogP contribution in [0.15, 0.2) is 18.2 Å². The van der Waals surface area contributed by atoms with Crippen molar-refractivity contribution in [2.24, 2.45) is 0 Å². The van der Waals surface area contributed by atoms with Gasteiger partial charge in [0.05, 0.1) is 12.7 Å². The van der Waals surface area contributed by atoms with Crippen molar-refractivity contribution in [1.82, 2.24) is 9.80 Å². The zero-order valence-electron chi connectivity index (χ0n) is 10.8. The minimum atomic E-state index is 0.111. The largest absolute Gasteiger partial charge is 0.497 e. The summed E-state index contributed by atoms with van der Waals surface area (Å²) in [6.07, 6.45) is 0. The van der Waals surface area contributed by atoms with Gasteiger partial charge < -0.3 is 14.5 Å². The van der Waals surface area contributed by atoms with Crippen molar-refractivity contribution >= 4 is 28.5 Å². The molecule has 0 spiro atoms. The van der Waals surface area contributed by atoms with E-state index in [0.29, 0.717) is 6.04 Å². The average Bonchev–Trinajstić information content (AvgIpc) is 2.25. The molecule has 5 heteroatoms. The van der Waals surface area contributed by atoms with Gasteiger partial charge in [-0.05, 0) is 54.9 Å². The maximum Gasteiger partial charge on any atom is 0.255 e. The molecule has 1 amide bonds. The van der Waals surface area contributed by atoms with Crippen molar-refractivity contribution in [2.45, 2.75) is 6.04 Å². The van der Waals surface area contributed by atoms with E-state index < -0.39 is 0 Å². The molecule has 18 heavy (non-hydrogen) atoms. The van der Waals surface area contributed by atoms with E-state index >= 15 is 0 Å². The van der Waals surface area contributed by atoms with E-state index in [1.54, 1.807) is 7.11 Å². The quantitative estimate of drug-likeness (QED) is 0.770. The number of benzene rings is 1. The fourth-order valence-corrected chi connectivity index (χ4v) is 2.63. The molecular weight excluding hydrogens is 343 g/mol. The van der Waals surface area contributed by atoms with Gasteiger partial charge in [0.25, 0.3) is 5.91 Å². The summed E-state index contributed by atoms with van der Waals surface area (Å²) < 4.78 is 6.08. The Hall–Kier alpha value is -0.820. The smallest absolute Gasteiger partial charge is 0.255 e. The first-order valence-electron chi connectivity index (χ1n) is 5.82. The van der Waals surface area contributed by atoms with Gasteiger partial charge in [-0.2, -0.15) is 0 Å². The van der Waals surface area contributed by atoms with Gasteiger partial charge in [-0.25, -0.2) is 0 Å². The third-order valence-electron chi connectivity index (χ3n) is 3.29. The van der Waals surface area contributed by atoms with Crippen LogP contribution in [0.5, 0.6) is 5.75 Å². The Kier molecular flexibility index (Phi) is 4.11. The predicted molar refractivity (Wildman–Crippen MR) is 79.1 cm³/mol. The van der Waals surface area contributed by atoms with E-state index in [1.807, 2.05) is 37.2 Å². The lowest BCUT2D eigenvalue weighted by Crippen LogP contribution is -2.59. The predicted octanol–water partition coefficient (Wildman–Crippen LogP) is 1.69. The molecule has 0 aromatic heterocycles. The third-order valence-corrected chi connectivity index (χ3v) is 4.18. The highest BCUT2D eigenvalue weighted by atomic mass is 127. The van der Waals surface area contributed by atoms with Gasteiger partial charge in [0.2, 0.25) is 0 Å². The Bertz CT molecular complexity index is 456. The first-order valence-corrected chi connectivity index (χ1v) is 6.90. The van der Waals surface area contributed by atoms with Gasteiger partial charge in [-0.3, -0.25) is 4.79 Å². The number of ether oxygens (including phenoxy) is 1. The molecule has 0 unspecified atom stereocenters. The molecule has 1 aromatic carbocycles. The minimum absolute atomic E-state index is 0.111. The van der Waals surface area contributed by atoms with Crippen LogP contribution in [0.3, 0.4) is 0 Å². The first-order chi connectivity index (χ1) is 8.52. The lowest BCUT2D eigenvalue weighted by Gasteiger charge is -2.42. The van der Waals surface area contributed by atoms with Crippen LogP contribution in [-0.4, -0.2) is 56.0 Å². The number of likely N-dealkylation sites (tertiary alicyclic amines) is 1. The maximum absolute atomic E-state index is 12.3. The molecule has 1 aliphatic rings. The normalized spacial score (nSPS) is 15.7. The third kappa shape index (κ3) is 2.61. The molecule has 0 atom stereocenters. The van der Waals surface area contributed by atoms with Gasteiger partial charge in [-0.15, -0.1) is 0 Å². The molecular formula is C13H17IN2O2. The number of methoxy groups -OCH3 is 1. The van der Waals surface area contributed by atoms with Crippen molar-refractivity contribution in [1.29, 1.82) is 0 Å². The first kappa shape index (κ1) is 13.6. The van der Waals surface area contributed by atoms with Crippen LogP contribution < -0.4 is 4.74 Å². The van der Waals surface area contributed by atoms with Crippen LogP contribution >= 0.6 is 22.6 Å². The highest BCUT2D eigenvalue weighted by molar-refractivity contribution is 14.1. The van der Waals surface area contributed by atoms with Crippen molar-refractivity contribution in [3.8, 4) is 5.75 Å². The fourth-order valence-electron chi connectivity index (χ4n) is 1.91. The van der Waals surface area contributed by atoms with Crippen LogP contribution in [0, 0.1) is 3.57 Å². The second-order valence-corrected chi connectivity index (χ2v) is 5.84. The van der Waals surface area contributed by atoms with Gasteiger partial charge in [0.1, 0.15) is 5.75 Å². The number of amides is 1. The van der Waals surface area contributed by atoms with Crippen LogP contribution in [-0.2, 0) is 0 Å². The van der Waals surface area contributed by atoms with Crippen LogP contribution in [0.4, 0.5) is 0 Å². The van der Waals surface area contributed by atoms with Crippen LogP contribution in [0.1, 0.15) is 10.4 Å². The summed E-state index contributed by atoms with van der Waals surface area (Å²) in [5.74, 6) is 0.894.